The number of carbonyl (C=O) groups is 1. The molecule has 3 nitrogen and oxygen atoms in total. The minimum Gasteiger partial charge on any atom is -0.393 e. The number of nitrogens with zero attached hydrogens (tertiary/aromatic N) is 1. The van der Waals surface area contributed by atoms with Crippen LogP contribution in [0.15, 0.2) is 0 Å². The molecule has 3 heteroatoms. The average Bonchev–Trinajstić information content (AvgIpc) is 1.79. The second-order valence-electron chi connectivity index (χ2n) is 3.12. The lowest BCUT2D eigenvalue weighted by Gasteiger charge is -2.31. The molecule has 1 rings (SSSR count). The quantitative estimate of drug-likeness (QED) is 0.643. The molecule has 1 aliphatic rings. The Morgan fingerprint density at radius 3 is 2.64 bits per heavy atom. The monoisotopic (exact) mass is 157 g/mol. The Morgan fingerprint density at radius 1 is 1.64 bits per heavy atom. The van der Waals surface area contributed by atoms with Gasteiger partial charge in [-0.05, 0) is 19.8 Å². The van der Waals surface area contributed by atoms with E-state index in [9.17, 15) is 4.79 Å². The summed E-state index contributed by atoms with van der Waals surface area (Å²) in [6.45, 7) is 3.54. The van der Waals surface area contributed by atoms with E-state index >= 15 is 0 Å². The molecule has 0 aromatic rings. The molecule has 0 saturated carbocycles. The maximum atomic E-state index is 11.1. The second-order valence-corrected chi connectivity index (χ2v) is 3.12. The lowest BCUT2D eigenvalue weighted by molar-refractivity contribution is -0.135. The molecule has 0 radical (unpaired) electrons. The molecule has 1 unspecified atom stereocenters. The fourth-order valence-corrected chi connectivity index (χ4v) is 1.06. The van der Waals surface area contributed by atoms with Crippen molar-refractivity contribution in [2.75, 3.05) is 13.1 Å². The summed E-state index contributed by atoms with van der Waals surface area (Å²) in [5.41, 5.74) is 0. The van der Waals surface area contributed by atoms with Crippen molar-refractivity contribution in [2.45, 2.75) is 32.3 Å². The first kappa shape index (κ1) is 8.53. The van der Waals surface area contributed by atoms with Gasteiger partial charge in [-0.3, -0.25) is 4.79 Å². The third kappa shape index (κ3) is 2.50. The molecule has 0 aliphatic carbocycles. The Labute approximate surface area is 67.0 Å². The summed E-state index contributed by atoms with van der Waals surface area (Å²) in [4.78, 5) is 13.0. The number of aliphatic hydroxyl groups is 1. The van der Waals surface area contributed by atoms with Crippen molar-refractivity contribution in [2.24, 2.45) is 0 Å². The van der Waals surface area contributed by atoms with Crippen LogP contribution in [-0.2, 0) is 4.79 Å². The number of carbonyl (C=O) groups excluding carboxylic acids is 1. The zero-order valence-corrected chi connectivity index (χ0v) is 6.92. The van der Waals surface area contributed by atoms with Gasteiger partial charge in [0.15, 0.2) is 0 Å². The van der Waals surface area contributed by atoms with E-state index in [2.05, 4.69) is 0 Å². The Balaban J connectivity index is 2.10. The van der Waals surface area contributed by atoms with Gasteiger partial charge in [-0.2, -0.15) is 0 Å². The van der Waals surface area contributed by atoms with Gasteiger partial charge in [-0.15, -0.1) is 0 Å². The van der Waals surface area contributed by atoms with Crippen LogP contribution < -0.4 is 0 Å². The van der Waals surface area contributed by atoms with Crippen LogP contribution in [0, 0.1) is 0 Å². The van der Waals surface area contributed by atoms with E-state index in [1.54, 1.807) is 6.92 Å². The number of rotatable bonds is 3. The number of hydrogen-bond donors (Lipinski definition) is 1. The van der Waals surface area contributed by atoms with Gasteiger partial charge in [0.1, 0.15) is 0 Å². The van der Waals surface area contributed by atoms with Gasteiger partial charge in [-0.25, -0.2) is 0 Å². The summed E-state index contributed by atoms with van der Waals surface area (Å²) >= 11 is 0. The minimum atomic E-state index is -0.347. The fourth-order valence-electron chi connectivity index (χ4n) is 1.06. The van der Waals surface area contributed by atoms with Crippen molar-refractivity contribution in [3.8, 4) is 0 Å². The van der Waals surface area contributed by atoms with Crippen LogP contribution in [0.25, 0.3) is 0 Å². The van der Waals surface area contributed by atoms with Crippen molar-refractivity contribution in [1.82, 2.24) is 4.90 Å². The van der Waals surface area contributed by atoms with E-state index < -0.39 is 0 Å². The number of hydrogen-bond acceptors (Lipinski definition) is 2. The predicted molar refractivity (Wildman–Crippen MR) is 42.1 cm³/mol. The van der Waals surface area contributed by atoms with Crippen LogP contribution in [0.3, 0.4) is 0 Å². The molecule has 1 aliphatic heterocycles. The highest BCUT2D eigenvalue weighted by Gasteiger charge is 2.19. The van der Waals surface area contributed by atoms with E-state index in [1.807, 2.05) is 4.90 Å². The summed E-state index contributed by atoms with van der Waals surface area (Å²) in [6.07, 6.45) is 1.88. The maximum Gasteiger partial charge on any atom is 0.222 e. The summed E-state index contributed by atoms with van der Waals surface area (Å²) in [6, 6.07) is 0. The maximum absolute atomic E-state index is 11.1. The van der Waals surface area contributed by atoms with Gasteiger partial charge in [0.2, 0.25) is 5.91 Å². The van der Waals surface area contributed by atoms with Gasteiger partial charge in [0, 0.05) is 19.5 Å². The van der Waals surface area contributed by atoms with Crippen molar-refractivity contribution in [3.63, 3.8) is 0 Å². The molecular weight excluding hydrogens is 142 g/mol. The first-order chi connectivity index (χ1) is 5.20. The predicted octanol–water partition coefficient (Wildman–Crippen LogP) is 0.380. The standard InChI is InChI=1S/C8H15NO2/c1-7(10)3-4-8(11)9-5-2-6-9/h7,10H,2-6H2,1H3. The van der Waals surface area contributed by atoms with E-state index in [-0.39, 0.29) is 12.0 Å². The fraction of sp³-hybridized carbons (Fsp3) is 0.875. The van der Waals surface area contributed by atoms with Crippen molar-refractivity contribution >= 4 is 5.91 Å². The van der Waals surface area contributed by atoms with Gasteiger partial charge in [0.05, 0.1) is 6.10 Å². The van der Waals surface area contributed by atoms with E-state index in [0.717, 1.165) is 19.5 Å². The molecule has 0 bridgehead atoms. The SMILES string of the molecule is CC(O)CCC(=O)N1CCC1. The van der Waals surface area contributed by atoms with E-state index in [1.165, 1.54) is 0 Å². The van der Waals surface area contributed by atoms with E-state index in [0.29, 0.717) is 12.8 Å². The zero-order chi connectivity index (χ0) is 8.27. The highest BCUT2D eigenvalue weighted by atomic mass is 16.3. The Bertz CT molecular complexity index is 141. The Morgan fingerprint density at radius 2 is 2.27 bits per heavy atom. The smallest absolute Gasteiger partial charge is 0.222 e. The molecular formula is C8H15NO2. The molecule has 11 heavy (non-hydrogen) atoms. The summed E-state index contributed by atoms with van der Waals surface area (Å²) < 4.78 is 0. The summed E-state index contributed by atoms with van der Waals surface area (Å²) in [7, 11) is 0. The molecule has 1 atom stereocenters. The molecule has 1 heterocycles. The normalized spacial score (nSPS) is 19.3. The van der Waals surface area contributed by atoms with Crippen LogP contribution in [0.5, 0.6) is 0 Å². The first-order valence-electron chi connectivity index (χ1n) is 4.16. The molecule has 1 saturated heterocycles. The van der Waals surface area contributed by atoms with Crippen LogP contribution >= 0.6 is 0 Å². The number of aliphatic hydroxyl groups excluding tert-OH is 1. The molecule has 1 N–H and O–H groups in total. The van der Waals surface area contributed by atoms with Gasteiger partial charge in [-0.1, -0.05) is 0 Å². The molecule has 0 aromatic heterocycles. The topological polar surface area (TPSA) is 40.5 Å². The van der Waals surface area contributed by atoms with Gasteiger partial charge in [0.25, 0.3) is 0 Å². The molecule has 0 spiro atoms. The highest BCUT2D eigenvalue weighted by Crippen LogP contribution is 2.09. The summed E-state index contributed by atoms with van der Waals surface area (Å²) in [5, 5.41) is 8.90. The summed E-state index contributed by atoms with van der Waals surface area (Å²) in [5.74, 6) is 0.192. The van der Waals surface area contributed by atoms with Crippen LogP contribution in [0.4, 0.5) is 0 Å². The third-order valence-corrected chi connectivity index (χ3v) is 1.98. The number of likely N-dealkylation sites (tertiary alicyclic amines) is 1. The zero-order valence-electron chi connectivity index (χ0n) is 6.92. The molecule has 1 amide bonds. The second kappa shape index (κ2) is 3.72. The Hall–Kier alpha value is -0.570. The van der Waals surface area contributed by atoms with Crippen LogP contribution in [-0.4, -0.2) is 35.1 Å². The third-order valence-electron chi connectivity index (χ3n) is 1.98. The first-order valence-corrected chi connectivity index (χ1v) is 4.16. The number of amides is 1. The van der Waals surface area contributed by atoms with Gasteiger partial charge >= 0.3 is 0 Å². The van der Waals surface area contributed by atoms with Crippen molar-refractivity contribution in [3.05, 3.63) is 0 Å². The van der Waals surface area contributed by atoms with Crippen molar-refractivity contribution < 1.29 is 9.90 Å². The highest BCUT2D eigenvalue weighted by molar-refractivity contribution is 5.76. The largest absolute Gasteiger partial charge is 0.393 e. The van der Waals surface area contributed by atoms with E-state index in [4.69, 9.17) is 5.11 Å². The average molecular weight is 157 g/mol. The lowest BCUT2D eigenvalue weighted by Crippen LogP contribution is -2.42. The molecule has 0 aromatic carbocycles. The van der Waals surface area contributed by atoms with Gasteiger partial charge < -0.3 is 10.0 Å². The molecule has 1 fully saturated rings. The lowest BCUT2D eigenvalue weighted by atomic mass is 10.1. The Kier molecular flexibility index (Phi) is 2.88. The van der Waals surface area contributed by atoms with Crippen LogP contribution in [0.2, 0.25) is 0 Å². The molecule has 64 valence electrons. The minimum absolute atomic E-state index is 0.192. The van der Waals surface area contributed by atoms with Crippen LogP contribution in [0.1, 0.15) is 26.2 Å². The van der Waals surface area contributed by atoms with Crippen molar-refractivity contribution in [1.29, 1.82) is 0 Å².